The second kappa shape index (κ2) is 6.99. The van der Waals surface area contributed by atoms with Crippen molar-refractivity contribution < 1.29 is 7.58 Å². The van der Waals surface area contributed by atoms with Gasteiger partial charge in [0, 0.05) is 0 Å². The van der Waals surface area contributed by atoms with Gasteiger partial charge in [0.05, 0.1) is 11.5 Å². The highest BCUT2D eigenvalue weighted by Gasteiger charge is 2.35. The maximum absolute atomic E-state index is 6.12. The van der Waals surface area contributed by atoms with Crippen LogP contribution < -0.4 is 12.0 Å². The van der Waals surface area contributed by atoms with E-state index in [4.69, 9.17) is 7.58 Å². The number of para-hydroxylation sites is 2. The Kier molecular flexibility index (Phi) is 4.58. The van der Waals surface area contributed by atoms with Gasteiger partial charge in [-0.1, -0.05) is 66.7 Å². The first-order valence-electron chi connectivity index (χ1n) is 6.90. The van der Waals surface area contributed by atoms with Gasteiger partial charge in [0.2, 0.25) is 0 Å². The lowest BCUT2D eigenvalue weighted by molar-refractivity contribution is 0.439. The van der Waals surface area contributed by atoms with Crippen LogP contribution in [0.3, 0.4) is 0 Å². The van der Waals surface area contributed by atoms with Crippen molar-refractivity contribution >= 4 is 19.2 Å². The van der Waals surface area contributed by atoms with Gasteiger partial charge in [-0.2, -0.15) is 0 Å². The van der Waals surface area contributed by atoms with E-state index in [0.717, 1.165) is 15.9 Å². The molecule has 21 heavy (non-hydrogen) atoms. The molecule has 3 heteroatoms. The van der Waals surface area contributed by atoms with Crippen LogP contribution in [0.4, 0.5) is 0 Å². The second-order valence-electron chi connectivity index (χ2n) is 4.60. The molecule has 0 aromatic heterocycles. The highest BCUT2D eigenvalue weighted by Crippen LogP contribution is 2.14. The van der Waals surface area contributed by atoms with Crippen molar-refractivity contribution in [3.63, 3.8) is 0 Å². The lowest BCUT2D eigenvalue weighted by atomic mass is 10.3. The smallest absolute Gasteiger partial charge is 0.608 e. The quantitative estimate of drug-likeness (QED) is 0.669. The van der Waals surface area contributed by atoms with Gasteiger partial charge in [0.15, 0.2) is 0 Å². The van der Waals surface area contributed by atoms with Crippen LogP contribution in [0.25, 0.3) is 0 Å². The van der Waals surface area contributed by atoms with Crippen molar-refractivity contribution in [1.29, 1.82) is 0 Å². The summed E-state index contributed by atoms with van der Waals surface area (Å²) in [5, 5.41) is 0. The van der Waals surface area contributed by atoms with Gasteiger partial charge >= 0.3 is 14.8 Å². The lowest BCUT2D eigenvalue weighted by Crippen LogP contribution is -2.42. The van der Waals surface area contributed by atoms with E-state index in [2.05, 4.69) is 12.1 Å². The van der Waals surface area contributed by atoms with E-state index in [9.17, 15) is 0 Å². The summed E-state index contributed by atoms with van der Waals surface area (Å²) in [6, 6.07) is 29.8. The molecular formula is C18H15AlO2. The summed E-state index contributed by atoms with van der Waals surface area (Å²) in [6.45, 7) is 0. The topological polar surface area (TPSA) is 18.5 Å². The molecule has 0 saturated carbocycles. The van der Waals surface area contributed by atoms with Crippen LogP contribution in [-0.4, -0.2) is 14.8 Å². The maximum atomic E-state index is 6.12. The van der Waals surface area contributed by atoms with Crippen LogP contribution in [0.2, 0.25) is 0 Å². The zero-order chi connectivity index (χ0) is 14.3. The maximum Gasteiger partial charge on any atom is 0.901 e. The van der Waals surface area contributed by atoms with Crippen LogP contribution >= 0.6 is 0 Å². The predicted octanol–water partition coefficient (Wildman–Crippen LogP) is 3.54. The van der Waals surface area contributed by atoms with E-state index in [1.165, 1.54) is 0 Å². The van der Waals surface area contributed by atoms with Crippen LogP contribution in [0, 0.1) is 0 Å². The third-order valence-electron chi connectivity index (χ3n) is 3.04. The van der Waals surface area contributed by atoms with Gasteiger partial charge in [-0.15, -0.1) is 0 Å². The second-order valence-corrected chi connectivity index (χ2v) is 6.41. The predicted molar refractivity (Wildman–Crippen MR) is 86.0 cm³/mol. The Morgan fingerprint density at radius 2 is 0.857 bits per heavy atom. The van der Waals surface area contributed by atoms with Crippen molar-refractivity contribution in [1.82, 2.24) is 0 Å². The third kappa shape index (κ3) is 3.89. The van der Waals surface area contributed by atoms with E-state index < -0.39 is 14.8 Å². The molecule has 0 fully saturated rings. The molecule has 0 unspecified atom stereocenters. The Bertz CT molecular complexity index is 615. The highest BCUT2D eigenvalue weighted by molar-refractivity contribution is 6.62. The average molecular weight is 290 g/mol. The first-order chi connectivity index (χ1) is 10.4. The average Bonchev–Trinajstić information content (AvgIpc) is 2.57. The number of benzene rings is 3. The molecule has 3 rings (SSSR count). The fourth-order valence-corrected chi connectivity index (χ4v) is 3.68. The molecule has 3 aromatic rings. The zero-order valence-corrected chi connectivity index (χ0v) is 12.7. The molecule has 0 saturated heterocycles. The van der Waals surface area contributed by atoms with Crippen molar-refractivity contribution in [3.05, 3.63) is 91.0 Å². The standard InChI is InChI=1S/2C6H6O.C6H5.Al/c2*7-6-4-2-1-3-5-6;1-2-4-6-5-3-1;/h2*1-5,7H;1-5H;/q;;;+2/p-2. The van der Waals surface area contributed by atoms with E-state index in [1.807, 2.05) is 78.9 Å². The molecule has 2 nitrogen and oxygen atoms in total. The Labute approximate surface area is 129 Å². The Hall–Kier alpha value is -2.21. The van der Waals surface area contributed by atoms with Crippen molar-refractivity contribution in [2.45, 2.75) is 0 Å². The molecule has 3 aromatic carbocycles. The van der Waals surface area contributed by atoms with Crippen molar-refractivity contribution in [2.75, 3.05) is 0 Å². The molecule has 0 aliphatic heterocycles. The largest absolute Gasteiger partial charge is 0.901 e. The molecule has 102 valence electrons. The van der Waals surface area contributed by atoms with E-state index >= 15 is 0 Å². The van der Waals surface area contributed by atoms with Crippen molar-refractivity contribution in [3.8, 4) is 11.5 Å². The summed E-state index contributed by atoms with van der Waals surface area (Å²) in [5.74, 6) is 1.68. The molecule has 0 aliphatic carbocycles. The summed E-state index contributed by atoms with van der Waals surface area (Å²) in [6.07, 6.45) is 0. The number of hydrogen-bond donors (Lipinski definition) is 0. The van der Waals surface area contributed by atoms with Crippen LogP contribution in [0.5, 0.6) is 11.5 Å². The molecule has 0 N–H and O–H groups in total. The van der Waals surface area contributed by atoms with Gasteiger partial charge in [0.1, 0.15) is 0 Å². The molecule has 0 atom stereocenters. The normalized spacial score (nSPS) is 9.90. The zero-order valence-electron chi connectivity index (χ0n) is 11.6. The molecular weight excluding hydrogens is 275 g/mol. The van der Waals surface area contributed by atoms with Crippen LogP contribution in [0.1, 0.15) is 0 Å². The Morgan fingerprint density at radius 1 is 0.476 bits per heavy atom. The molecule has 0 heterocycles. The van der Waals surface area contributed by atoms with E-state index in [1.54, 1.807) is 0 Å². The van der Waals surface area contributed by atoms with Crippen LogP contribution in [-0.2, 0) is 0 Å². The fourth-order valence-electron chi connectivity index (χ4n) is 2.02. The van der Waals surface area contributed by atoms with E-state index in [-0.39, 0.29) is 0 Å². The molecule has 0 bridgehead atoms. The SMILES string of the molecule is c1ccc([O][Al]([O]c2ccccc2)[c]2ccccc2)cc1. The third-order valence-corrected chi connectivity index (χ3v) is 4.95. The minimum Gasteiger partial charge on any atom is -0.608 e. The van der Waals surface area contributed by atoms with Gasteiger partial charge < -0.3 is 7.58 Å². The minimum absolute atomic E-state index is 0.842. The summed E-state index contributed by atoms with van der Waals surface area (Å²) >= 11 is -2.05. The number of rotatable bonds is 5. The summed E-state index contributed by atoms with van der Waals surface area (Å²) in [7, 11) is 0. The minimum atomic E-state index is -2.05. The van der Waals surface area contributed by atoms with Crippen molar-refractivity contribution in [2.24, 2.45) is 0 Å². The highest BCUT2D eigenvalue weighted by atomic mass is 27.2. The Balaban J connectivity index is 1.84. The van der Waals surface area contributed by atoms with Gasteiger partial charge in [0.25, 0.3) is 0 Å². The first kappa shape index (κ1) is 13.8. The first-order valence-corrected chi connectivity index (χ1v) is 8.42. The summed E-state index contributed by atoms with van der Waals surface area (Å²) in [4.78, 5) is 0. The lowest BCUT2D eigenvalue weighted by Gasteiger charge is -2.16. The van der Waals surface area contributed by atoms with Gasteiger partial charge in [-0.3, -0.25) is 0 Å². The Morgan fingerprint density at radius 3 is 1.29 bits per heavy atom. The van der Waals surface area contributed by atoms with Gasteiger partial charge in [-0.05, 0) is 28.7 Å². The molecule has 0 aliphatic rings. The monoisotopic (exact) mass is 290 g/mol. The summed E-state index contributed by atoms with van der Waals surface area (Å²) in [5.41, 5.74) is 0. The van der Waals surface area contributed by atoms with Gasteiger partial charge in [-0.25, -0.2) is 0 Å². The fraction of sp³-hybridized carbons (Fsp3) is 0. The summed E-state index contributed by atoms with van der Waals surface area (Å²) < 4.78 is 13.4. The number of hydrogen-bond acceptors (Lipinski definition) is 2. The van der Waals surface area contributed by atoms with E-state index in [0.29, 0.717) is 0 Å². The molecule has 0 spiro atoms. The molecule has 0 radical (unpaired) electrons. The van der Waals surface area contributed by atoms with Crippen LogP contribution in [0.15, 0.2) is 91.0 Å². The molecule has 0 amide bonds.